The van der Waals surface area contributed by atoms with E-state index in [1.54, 1.807) is 30.3 Å². The molecule has 4 aromatic rings. The number of hydrogen-bond acceptors (Lipinski definition) is 5. The molecule has 1 aliphatic rings. The van der Waals surface area contributed by atoms with Gasteiger partial charge in [0, 0.05) is 37.7 Å². The summed E-state index contributed by atoms with van der Waals surface area (Å²) in [5.74, 6) is -0.403. The minimum atomic E-state index is -0.711. The van der Waals surface area contributed by atoms with Gasteiger partial charge in [0.2, 0.25) is 0 Å². The van der Waals surface area contributed by atoms with Crippen molar-refractivity contribution in [3.05, 3.63) is 90.6 Å². The maximum Gasteiger partial charge on any atom is 0.354 e. The Morgan fingerprint density at radius 1 is 1.06 bits per heavy atom. The summed E-state index contributed by atoms with van der Waals surface area (Å²) in [7, 11) is 0. The molecule has 156 valence electrons. The molecule has 0 saturated heterocycles. The van der Waals surface area contributed by atoms with Crippen LogP contribution < -0.4 is 11.2 Å². The molecule has 0 bridgehead atoms. The minimum absolute atomic E-state index is 0.0271. The molecule has 31 heavy (non-hydrogen) atoms. The molecule has 1 aliphatic heterocycles. The summed E-state index contributed by atoms with van der Waals surface area (Å²) in [4.78, 5) is 26.9. The van der Waals surface area contributed by atoms with Crippen LogP contribution in [0.5, 0.6) is 5.75 Å². The van der Waals surface area contributed by atoms with Gasteiger partial charge in [-0.3, -0.25) is 9.36 Å². The lowest BCUT2D eigenvalue weighted by Crippen LogP contribution is -2.24. The Morgan fingerprint density at radius 2 is 1.77 bits per heavy atom. The van der Waals surface area contributed by atoms with Crippen molar-refractivity contribution in [3.63, 3.8) is 0 Å². The molecular weight excluding hydrogens is 457 g/mol. The van der Waals surface area contributed by atoms with Crippen LogP contribution in [0, 0.1) is 0 Å². The molecule has 2 aromatic carbocycles. The van der Waals surface area contributed by atoms with Gasteiger partial charge in [0.15, 0.2) is 5.75 Å². The summed E-state index contributed by atoms with van der Waals surface area (Å²) in [5.41, 5.74) is 0.0514. The summed E-state index contributed by atoms with van der Waals surface area (Å²) in [6, 6.07) is 14.0. The molecule has 8 heteroatoms. The van der Waals surface area contributed by atoms with Crippen LogP contribution in [0.15, 0.2) is 72.3 Å². The minimum Gasteiger partial charge on any atom is -0.505 e. The molecule has 0 atom stereocenters. The Labute approximate surface area is 190 Å². The molecule has 0 spiro atoms. The molecule has 0 amide bonds. The van der Waals surface area contributed by atoms with Crippen LogP contribution in [-0.2, 0) is 5.41 Å². The molecule has 0 unspecified atom stereocenters. The standard InChI is InChI=1S/C23H15Cl2NO4S/c1-23(2)16-10-15-17(21(28)26(16)14-9-11(24)8-13(25)18(14)23)19(27)20(22(29)30-15)31-12-6-4-3-5-7-12/h3-10,27H,1-2H3. The molecule has 1 N–H and O–H groups in total. The number of pyridine rings is 1. The largest absolute Gasteiger partial charge is 0.505 e. The second kappa shape index (κ2) is 6.92. The number of aromatic hydroxyl groups is 1. The lowest BCUT2D eigenvalue weighted by molar-refractivity contribution is 0.445. The highest BCUT2D eigenvalue weighted by atomic mass is 35.5. The van der Waals surface area contributed by atoms with E-state index in [0.29, 0.717) is 21.4 Å². The van der Waals surface area contributed by atoms with E-state index in [4.69, 9.17) is 27.6 Å². The Bertz CT molecular complexity index is 1510. The summed E-state index contributed by atoms with van der Waals surface area (Å²) in [6.07, 6.45) is 0. The molecule has 0 saturated carbocycles. The monoisotopic (exact) mass is 471 g/mol. The highest BCUT2D eigenvalue weighted by molar-refractivity contribution is 7.99. The predicted molar refractivity (Wildman–Crippen MR) is 122 cm³/mol. The number of nitrogens with zero attached hydrogens (tertiary/aromatic N) is 1. The zero-order valence-electron chi connectivity index (χ0n) is 16.4. The Balaban J connectivity index is 1.84. The molecule has 0 fully saturated rings. The van der Waals surface area contributed by atoms with Gasteiger partial charge < -0.3 is 9.52 Å². The maximum absolute atomic E-state index is 13.6. The van der Waals surface area contributed by atoms with E-state index in [0.717, 1.165) is 22.2 Å². The maximum atomic E-state index is 13.6. The first-order valence-corrected chi connectivity index (χ1v) is 11.0. The van der Waals surface area contributed by atoms with Crippen molar-refractivity contribution in [1.29, 1.82) is 0 Å². The first-order valence-electron chi connectivity index (χ1n) is 9.39. The van der Waals surface area contributed by atoms with E-state index in [9.17, 15) is 14.7 Å². The number of rotatable bonds is 2. The second-order valence-electron chi connectivity index (χ2n) is 7.80. The number of benzene rings is 2. The fraction of sp³-hybridized carbons (Fsp3) is 0.130. The third kappa shape index (κ3) is 2.93. The summed E-state index contributed by atoms with van der Waals surface area (Å²) in [5, 5.41) is 11.7. The van der Waals surface area contributed by atoms with Crippen molar-refractivity contribution < 1.29 is 9.52 Å². The van der Waals surface area contributed by atoms with Gasteiger partial charge >= 0.3 is 5.63 Å². The Kier molecular flexibility index (Phi) is 4.52. The second-order valence-corrected chi connectivity index (χ2v) is 9.73. The van der Waals surface area contributed by atoms with Crippen LogP contribution in [0.3, 0.4) is 0 Å². The number of fused-ring (bicyclic) bond motifs is 4. The molecule has 5 nitrogen and oxygen atoms in total. The fourth-order valence-corrected chi connectivity index (χ4v) is 5.69. The van der Waals surface area contributed by atoms with Gasteiger partial charge in [0.05, 0.1) is 5.69 Å². The highest BCUT2D eigenvalue weighted by Gasteiger charge is 2.40. The fourth-order valence-electron chi connectivity index (χ4n) is 4.12. The van der Waals surface area contributed by atoms with E-state index in [1.165, 1.54) is 4.57 Å². The Hall–Kier alpha value is -2.67. The van der Waals surface area contributed by atoms with Gasteiger partial charge in [-0.2, -0.15) is 0 Å². The first kappa shape index (κ1) is 20.2. The van der Waals surface area contributed by atoms with E-state index in [-0.39, 0.29) is 15.9 Å². The van der Waals surface area contributed by atoms with Gasteiger partial charge in [-0.25, -0.2) is 4.79 Å². The van der Waals surface area contributed by atoms with Crippen molar-refractivity contribution in [2.45, 2.75) is 29.1 Å². The van der Waals surface area contributed by atoms with Crippen molar-refractivity contribution in [2.24, 2.45) is 0 Å². The normalized spacial score (nSPS) is 13.9. The van der Waals surface area contributed by atoms with Gasteiger partial charge in [-0.15, -0.1) is 0 Å². The van der Waals surface area contributed by atoms with Gasteiger partial charge in [0.25, 0.3) is 5.56 Å². The zero-order valence-corrected chi connectivity index (χ0v) is 18.7. The van der Waals surface area contributed by atoms with Gasteiger partial charge in [-0.1, -0.05) is 67.0 Å². The van der Waals surface area contributed by atoms with Crippen LogP contribution in [0.25, 0.3) is 16.7 Å². The van der Waals surface area contributed by atoms with Crippen LogP contribution in [0.2, 0.25) is 10.0 Å². The van der Waals surface area contributed by atoms with Gasteiger partial charge in [0.1, 0.15) is 15.9 Å². The zero-order chi connectivity index (χ0) is 22.1. The molecule has 3 heterocycles. The van der Waals surface area contributed by atoms with E-state index < -0.39 is 22.3 Å². The number of aromatic nitrogens is 1. The quantitative estimate of drug-likeness (QED) is 0.403. The third-order valence-corrected chi connectivity index (χ3v) is 7.10. The number of hydrogen-bond donors (Lipinski definition) is 1. The topological polar surface area (TPSA) is 72.4 Å². The van der Waals surface area contributed by atoms with Crippen molar-refractivity contribution in [2.75, 3.05) is 0 Å². The van der Waals surface area contributed by atoms with E-state index in [2.05, 4.69) is 0 Å². The molecule has 0 aliphatic carbocycles. The summed E-state index contributed by atoms with van der Waals surface area (Å²) in [6.45, 7) is 3.85. The molecule has 2 aromatic heterocycles. The van der Waals surface area contributed by atoms with E-state index >= 15 is 0 Å². The summed E-state index contributed by atoms with van der Waals surface area (Å²) >= 11 is 13.7. The molecule has 0 radical (unpaired) electrons. The molecule has 5 rings (SSSR count). The first-order chi connectivity index (χ1) is 14.7. The third-order valence-electron chi connectivity index (χ3n) is 5.52. The lowest BCUT2D eigenvalue weighted by atomic mass is 9.83. The summed E-state index contributed by atoms with van der Waals surface area (Å²) < 4.78 is 6.97. The average Bonchev–Trinajstić information content (AvgIpc) is 2.92. The Morgan fingerprint density at radius 3 is 2.48 bits per heavy atom. The average molecular weight is 472 g/mol. The predicted octanol–water partition coefficient (Wildman–Crippen LogP) is 5.75. The lowest BCUT2D eigenvalue weighted by Gasteiger charge is -2.21. The van der Waals surface area contributed by atoms with Crippen LogP contribution in [0.4, 0.5) is 0 Å². The number of halogens is 2. The smallest absolute Gasteiger partial charge is 0.354 e. The highest BCUT2D eigenvalue weighted by Crippen LogP contribution is 2.47. The SMILES string of the molecule is CC1(C)c2c(Cl)cc(Cl)cc2-n2c1cc1oc(=O)c(Sc3ccccc3)c(O)c1c2=O. The van der Waals surface area contributed by atoms with Crippen molar-refractivity contribution in [3.8, 4) is 11.4 Å². The van der Waals surface area contributed by atoms with Gasteiger partial charge in [-0.05, 0) is 24.3 Å². The van der Waals surface area contributed by atoms with Crippen LogP contribution >= 0.6 is 35.0 Å². The van der Waals surface area contributed by atoms with Crippen molar-refractivity contribution in [1.82, 2.24) is 4.57 Å². The van der Waals surface area contributed by atoms with Crippen molar-refractivity contribution >= 4 is 45.9 Å². The van der Waals surface area contributed by atoms with E-state index in [1.807, 2.05) is 32.0 Å². The van der Waals surface area contributed by atoms with Crippen LogP contribution in [-0.4, -0.2) is 9.67 Å². The van der Waals surface area contributed by atoms with Crippen LogP contribution in [0.1, 0.15) is 25.1 Å². The molecular formula is C23H15Cl2NO4S.